The van der Waals surface area contributed by atoms with E-state index >= 15 is 0 Å². The van der Waals surface area contributed by atoms with E-state index < -0.39 is 11.2 Å². The van der Waals surface area contributed by atoms with Crippen LogP contribution in [0.5, 0.6) is 0 Å². The maximum atomic E-state index is 12.4. The minimum atomic E-state index is -0.701. The maximum absolute atomic E-state index is 12.4. The highest BCUT2D eigenvalue weighted by atomic mass is 32.2. The molecule has 10 heteroatoms. The number of aromatic amines is 1. The number of benzene rings is 1. The SMILES string of the molecule is CCc1c(C#N)c(SC(C(N)=O)c2ccccc2)nc(N2CCN(Cc3cnc[nH]3)CC2)c1C#N. The smallest absolute Gasteiger partial charge is 0.235 e. The molecule has 0 bridgehead atoms. The van der Waals surface area contributed by atoms with E-state index in [1.165, 1.54) is 11.8 Å². The fourth-order valence-electron chi connectivity index (χ4n) is 4.26. The molecule has 35 heavy (non-hydrogen) atoms. The number of primary amides is 1. The average Bonchev–Trinajstić information content (AvgIpc) is 3.40. The Morgan fingerprint density at radius 2 is 1.89 bits per heavy atom. The number of nitrogens with zero attached hydrogens (tertiary/aromatic N) is 6. The van der Waals surface area contributed by atoms with Gasteiger partial charge in [0.1, 0.15) is 28.2 Å². The first-order valence-corrected chi connectivity index (χ1v) is 12.3. The third kappa shape index (κ3) is 5.29. The van der Waals surface area contributed by atoms with Crippen LogP contribution in [0.3, 0.4) is 0 Å². The van der Waals surface area contributed by atoms with Crippen LogP contribution in [0, 0.1) is 22.7 Å². The van der Waals surface area contributed by atoms with E-state index in [2.05, 4.69) is 31.9 Å². The fourth-order valence-corrected chi connectivity index (χ4v) is 5.32. The van der Waals surface area contributed by atoms with Crippen LogP contribution < -0.4 is 10.6 Å². The standard InChI is InChI=1S/C25H26N8OS/c1-2-19-20(12-26)24(33-10-8-32(9-11-33)15-18-14-29-16-30-18)31-25(21(19)13-27)35-22(23(28)34)17-6-4-3-5-7-17/h3-7,14,16,22H,2,8-11,15H2,1H3,(H2,28,34)(H,29,30). The molecule has 0 aliphatic carbocycles. The zero-order valence-electron chi connectivity index (χ0n) is 19.4. The number of nitriles is 2. The van der Waals surface area contributed by atoms with Crippen LogP contribution in [0.4, 0.5) is 5.82 Å². The number of pyridine rings is 1. The van der Waals surface area contributed by atoms with E-state index in [1.807, 2.05) is 43.5 Å². The molecular weight excluding hydrogens is 460 g/mol. The number of aromatic nitrogens is 3. The fraction of sp³-hybridized carbons (Fsp3) is 0.320. The van der Waals surface area contributed by atoms with E-state index in [0.29, 0.717) is 47.0 Å². The summed E-state index contributed by atoms with van der Waals surface area (Å²) in [6.45, 7) is 5.66. The number of anilines is 1. The number of piperazine rings is 1. The van der Waals surface area contributed by atoms with Crippen molar-refractivity contribution in [1.29, 1.82) is 10.5 Å². The number of nitrogens with two attached hydrogens (primary N) is 1. The van der Waals surface area contributed by atoms with Crippen molar-refractivity contribution in [2.45, 2.75) is 30.2 Å². The Morgan fingerprint density at radius 3 is 2.46 bits per heavy atom. The van der Waals surface area contributed by atoms with E-state index in [0.717, 1.165) is 30.9 Å². The number of nitrogens with one attached hydrogen (secondary N) is 1. The molecule has 1 fully saturated rings. The summed E-state index contributed by atoms with van der Waals surface area (Å²) in [7, 11) is 0. The van der Waals surface area contributed by atoms with Crippen molar-refractivity contribution in [2.24, 2.45) is 5.73 Å². The molecule has 0 radical (unpaired) electrons. The Morgan fingerprint density at radius 1 is 1.17 bits per heavy atom. The summed E-state index contributed by atoms with van der Waals surface area (Å²) in [6.07, 6.45) is 3.99. The minimum absolute atomic E-state index is 0.331. The van der Waals surface area contributed by atoms with Gasteiger partial charge in [0.05, 0.1) is 17.5 Å². The zero-order valence-corrected chi connectivity index (χ0v) is 20.3. The number of hydrogen-bond acceptors (Lipinski definition) is 8. The highest BCUT2D eigenvalue weighted by molar-refractivity contribution is 8.00. The molecule has 1 aliphatic heterocycles. The van der Waals surface area contributed by atoms with Gasteiger partial charge in [-0.1, -0.05) is 49.0 Å². The third-order valence-electron chi connectivity index (χ3n) is 6.04. The first-order chi connectivity index (χ1) is 17.0. The van der Waals surface area contributed by atoms with Gasteiger partial charge in [0.15, 0.2) is 0 Å². The number of hydrogen-bond donors (Lipinski definition) is 2. The van der Waals surface area contributed by atoms with Gasteiger partial charge in [0.2, 0.25) is 5.91 Å². The third-order valence-corrected chi connectivity index (χ3v) is 7.30. The van der Waals surface area contributed by atoms with E-state index in [-0.39, 0.29) is 0 Å². The van der Waals surface area contributed by atoms with Crippen LogP contribution in [-0.2, 0) is 17.8 Å². The molecule has 1 aliphatic rings. The van der Waals surface area contributed by atoms with Crippen LogP contribution in [0.15, 0.2) is 47.9 Å². The molecule has 2 aromatic heterocycles. The van der Waals surface area contributed by atoms with Gasteiger partial charge in [-0.15, -0.1) is 0 Å². The Labute approximate surface area is 208 Å². The Bertz CT molecular complexity index is 1260. The number of amides is 1. The molecular formula is C25H26N8OS. The molecule has 1 atom stereocenters. The largest absolute Gasteiger partial charge is 0.368 e. The van der Waals surface area contributed by atoms with Crippen molar-refractivity contribution in [3.8, 4) is 12.1 Å². The lowest BCUT2D eigenvalue weighted by molar-refractivity contribution is -0.117. The lowest BCUT2D eigenvalue weighted by Crippen LogP contribution is -2.46. The van der Waals surface area contributed by atoms with Crippen molar-refractivity contribution < 1.29 is 4.79 Å². The molecule has 1 saturated heterocycles. The van der Waals surface area contributed by atoms with Crippen LogP contribution in [0.2, 0.25) is 0 Å². The number of thioether (sulfide) groups is 1. The molecule has 4 rings (SSSR count). The first kappa shape index (κ1) is 24.3. The lowest BCUT2D eigenvalue weighted by Gasteiger charge is -2.36. The number of carbonyl (C=O) groups excluding carboxylic acids is 1. The zero-order chi connectivity index (χ0) is 24.8. The second kappa shape index (κ2) is 11.0. The Balaban J connectivity index is 1.66. The highest BCUT2D eigenvalue weighted by Gasteiger charge is 2.28. The molecule has 1 aromatic carbocycles. The average molecular weight is 487 g/mol. The second-order valence-electron chi connectivity index (χ2n) is 8.20. The summed E-state index contributed by atoms with van der Waals surface area (Å²) in [5.74, 6) is 0.0478. The van der Waals surface area contributed by atoms with Gasteiger partial charge >= 0.3 is 0 Å². The summed E-state index contributed by atoms with van der Waals surface area (Å²) >= 11 is 1.17. The van der Waals surface area contributed by atoms with Crippen molar-refractivity contribution >= 4 is 23.5 Å². The van der Waals surface area contributed by atoms with Gasteiger partial charge in [0.25, 0.3) is 0 Å². The predicted molar refractivity (Wildman–Crippen MR) is 133 cm³/mol. The van der Waals surface area contributed by atoms with Gasteiger partial charge in [-0.2, -0.15) is 10.5 Å². The van der Waals surface area contributed by atoms with Gasteiger partial charge in [0, 0.05) is 44.6 Å². The lowest BCUT2D eigenvalue weighted by atomic mass is 10.0. The maximum Gasteiger partial charge on any atom is 0.235 e. The molecule has 3 aromatic rings. The Hall–Kier alpha value is -3.86. The molecule has 3 N–H and O–H groups in total. The van der Waals surface area contributed by atoms with E-state index in [1.54, 1.807) is 6.33 Å². The summed E-state index contributed by atoms with van der Waals surface area (Å²) < 4.78 is 0. The minimum Gasteiger partial charge on any atom is -0.368 e. The van der Waals surface area contributed by atoms with Crippen molar-refractivity contribution in [2.75, 3.05) is 31.1 Å². The van der Waals surface area contributed by atoms with Crippen molar-refractivity contribution in [1.82, 2.24) is 19.9 Å². The Kier molecular flexibility index (Phi) is 7.66. The molecule has 9 nitrogen and oxygen atoms in total. The molecule has 3 heterocycles. The van der Waals surface area contributed by atoms with Crippen molar-refractivity contribution in [3.63, 3.8) is 0 Å². The predicted octanol–water partition coefficient (Wildman–Crippen LogP) is 2.75. The van der Waals surface area contributed by atoms with Crippen LogP contribution in [0.25, 0.3) is 0 Å². The summed E-state index contributed by atoms with van der Waals surface area (Å²) in [4.78, 5) is 28.8. The summed E-state index contributed by atoms with van der Waals surface area (Å²) in [5.41, 5.74) is 8.94. The van der Waals surface area contributed by atoms with Crippen LogP contribution in [-0.4, -0.2) is 51.9 Å². The number of carbonyl (C=O) groups is 1. The van der Waals surface area contributed by atoms with Gasteiger partial charge in [-0.3, -0.25) is 9.69 Å². The molecule has 0 saturated carbocycles. The number of imidazole rings is 1. The highest BCUT2D eigenvalue weighted by Crippen LogP contribution is 2.39. The van der Waals surface area contributed by atoms with Gasteiger partial charge in [-0.25, -0.2) is 9.97 Å². The quantitative estimate of drug-likeness (QED) is 0.464. The summed E-state index contributed by atoms with van der Waals surface area (Å²) in [6, 6.07) is 13.7. The summed E-state index contributed by atoms with van der Waals surface area (Å²) in [5, 5.41) is 19.7. The van der Waals surface area contributed by atoms with Crippen LogP contribution in [0.1, 0.15) is 40.1 Å². The number of rotatable bonds is 8. The van der Waals surface area contributed by atoms with Gasteiger partial charge in [-0.05, 0) is 17.5 Å². The molecule has 1 unspecified atom stereocenters. The monoisotopic (exact) mass is 486 g/mol. The molecule has 1 amide bonds. The first-order valence-electron chi connectivity index (χ1n) is 11.4. The van der Waals surface area contributed by atoms with Crippen LogP contribution >= 0.6 is 11.8 Å². The molecule has 0 spiro atoms. The van der Waals surface area contributed by atoms with E-state index in [4.69, 9.17) is 10.7 Å². The van der Waals surface area contributed by atoms with Crippen molar-refractivity contribution in [3.05, 3.63) is 70.8 Å². The topological polar surface area (TPSA) is 139 Å². The van der Waals surface area contributed by atoms with E-state index in [9.17, 15) is 15.3 Å². The van der Waals surface area contributed by atoms with Gasteiger partial charge < -0.3 is 15.6 Å². The second-order valence-corrected chi connectivity index (χ2v) is 9.29. The normalized spacial score (nSPS) is 14.8. The number of H-pyrrole nitrogens is 1. The molecule has 178 valence electrons.